The summed E-state index contributed by atoms with van der Waals surface area (Å²) >= 11 is 0. The van der Waals surface area contributed by atoms with Gasteiger partial charge >= 0.3 is 5.69 Å². The molecule has 0 aromatic carbocycles. The molecular weight excluding hydrogens is 260 g/mol. The average molecular weight is 274 g/mol. The highest BCUT2D eigenvalue weighted by molar-refractivity contribution is 5.74. The van der Waals surface area contributed by atoms with E-state index < -0.39 is 11.2 Å². The summed E-state index contributed by atoms with van der Waals surface area (Å²) in [5.41, 5.74) is 0.369. The lowest BCUT2D eigenvalue weighted by molar-refractivity contribution is 0.653. The van der Waals surface area contributed by atoms with Crippen molar-refractivity contribution in [2.45, 2.75) is 19.9 Å². The van der Waals surface area contributed by atoms with Crippen LogP contribution < -0.4 is 11.2 Å². The van der Waals surface area contributed by atoms with Crippen LogP contribution in [0.1, 0.15) is 13.3 Å². The number of fused-ring (bicyclic) bond motifs is 1. The number of nitrogens with zero attached hydrogens (tertiary/aromatic N) is 4. The van der Waals surface area contributed by atoms with Gasteiger partial charge in [0.05, 0.1) is 6.33 Å². The first-order chi connectivity index (χ1) is 9.60. The predicted octanol–water partition coefficient (Wildman–Crippen LogP) is 0.223. The van der Waals surface area contributed by atoms with Crippen molar-refractivity contribution in [3.63, 3.8) is 0 Å². The Kier molecular flexibility index (Phi) is 2.78. The normalized spacial score (nSPS) is 11.3. The second kappa shape index (κ2) is 4.48. The topological polar surface area (TPSA) is 101 Å². The van der Waals surface area contributed by atoms with E-state index in [1.54, 1.807) is 17.1 Å². The lowest BCUT2D eigenvalue weighted by atomic mass is 10.4. The van der Waals surface area contributed by atoms with E-state index >= 15 is 0 Å². The van der Waals surface area contributed by atoms with Gasteiger partial charge in [0, 0.05) is 19.8 Å². The van der Waals surface area contributed by atoms with Crippen molar-refractivity contribution < 1.29 is 0 Å². The molecule has 0 amide bonds. The van der Waals surface area contributed by atoms with Crippen molar-refractivity contribution in [1.82, 2.24) is 29.1 Å². The van der Waals surface area contributed by atoms with Gasteiger partial charge in [-0.1, -0.05) is 6.92 Å². The van der Waals surface area contributed by atoms with Crippen LogP contribution in [0.25, 0.3) is 22.7 Å². The summed E-state index contributed by atoms with van der Waals surface area (Å²) in [6, 6.07) is 0. The molecule has 0 aliphatic carbocycles. The van der Waals surface area contributed by atoms with Crippen LogP contribution in [0.3, 0.4) is 0 Å². The summed E-state index contributed by atoms with van der Waals surface area (Å²) in [4.78, 5) is 37.4. The zero-order valence-electron chi connectivity index (χ0n) is 11.2. The van der Waals surface area contributed by atoms with E-state index in [-0.39, 0.29) is 0 Å². The Bertz CT molecular complexity index is 881. The van der Waals surface area contributed by atoms with Gasteiger partial charge in [0.2, 0.25) is 0 Å². The number of hydrogen-bond donors (Lipinski definition) is 2. The largest absolute Gasteiger partial charge is 0.340 e. The van der Waals surface area contributed by atoms with Crippen molar-refractivity contribution in [3.8, 4) is 11.5 Å². The second-order valence-electron chi connectivity index (χ2n) is 4.62. The van der Waals surface area contributed by atoms with Crippen molar-refractivity contribution in [1.29, 1.82) is 0 Å². The molecule has 2 N–H and O–H groups in total. The molecular formula is C12H14N6O2. The van der Waals surface area contributed by atoms with E-state index in [0.29, 0.717) is 29.2 Å². The SMILES string of the molecule is CCCn1c(=O)[nH]c(=O)c2[nH]c(-c3cn(C)cn3)nc21. The van der Waals surface area contributed by atoms with Crippen LogP contribution in [0.2, 0.25) is 0 Å². The second-order valence-corrected chi connectivity index (χ2v) is 4.62. The Morgan fingerprint density at radius 2 is 2.10 bits per heavy atom. The fourth-order valence-corrected chi connectivity index (χ4v) is 2.13. The number of aromatic nitrogens is 6. The van der Waals surface area contributed by atoms with Gasteiger partial charge in [0.25, 0.3) is 5.56 Å². The molecule has 0 unspecified atom stereocenters. The lowest BCUT2D eigenvalue weighted by Gasteiger charge is -2.02. The molecule has 0 saturated carbocycles. The standard InChI is InChI=1S/C12H14N6O2/c1-3-4-18-10-8(11(19)16-12(18)20)14-9(15-10)7-5-17(2)6-13-7/h5-6H,3-4H2,1-2H3,(H,14,15)(H,16,19,20). The molecule has 0 bridgehead atoms. The molecule has 3 aromatic rings. The Morgan fingerprint density at radius 1 is 1.30 bits per heavy atom. The number of imidazole rings is 2. The van der Waals surface area contributed by atoms with E-state index in [0.717, 1.165) is 6.42 Å². The number of aryl methyl sites for hydroxylation is 2. The maximum absolute atomic E-state index is 11.8. The van der Waals surface area contributed by atoms with Gasteiger partial charge in [-0.25, -0.2) is 14.8 Å². The minimum atomic E-state index is -0.466. The molecule has 0 aliphatic heterocycles. The first-order valence-corrected chi connectivity index (χ1v) is 6.31. The molecule has 3 rings (SSSR count). The Hall–Kier alpha value is -2.64. The molecule has 20 heavy (non-hydrogen) atoms. The van der Waals surface area contributed by atoms with Crippen LogP contribution in [0.15, 0.2) is 22.1 Å². The molecule has 104 valence electrons. The zero-order chi connectivity index (χ0) is 14.3. The average Bonchev–Trinajstić information content (AvgIpc) is 3.00. The third kappa shape index (κ3) is 1.85. The number of hydrogen-bond acceptors (Lipinski definition) is 4. The van der Waals surface area contributed by atoms with Gasteiger partial charge < -0.3 is 9.55 Å². The van der Waals surface area contributed by atoms with E-state index in [1.165, 1.54) is 4.57 Å². The van der Waals surface area contributed by atoms with Crippen molar-refractivity contribution in [2.24, 2.45) is 7.05 Å². The zero-order valence-corrected chi connectivity index (χ0v) is 11.2. The molecule has 0 spiro atoms. The van der Waals surface area contributed by atoms with Gasteiger partial charge in [-0.05, 0) is 6.42 Å². The smallest absolute Gasteiger partial charge is 0.330 e. The van der Waals surface area contributed by atoms with Gasteiger partial charge in [0.15, 0.2) is 11.5 Å². The third-order valence-corrected chi connectivity index (χ3v) is 3.03. The summed E-state index contributed by atoms with van der Waals surface area (Å²) in [6.45, 7) is 2.45. The molecule has 8 nitrogen and oxygen atoms in total. The van der Waals surface area contributed by atoms with E-state index in [9.17, 15) is 9.59 Å². The molecule has 0 saturated heterocycles. The van der Waals surface area contributed by atoms with Crippen LogP contribution in [-0.4, -0.2) is 29.1 Å². The highest BCUT2D eigenvalue weighted by atomic mass is 16.2. The molecule has 3 heterocycles. The van der Waals surface area contributed by atoms with Crippen molar-refractivity contribution in [3.05, 3.63) is 33.4 Å². The minimum absolute atomic E-state index is 0.290. The highest BCUT2D eigenvalue weighted by Crippen LogP contribution is 2.15. The number of rotatable bonds is 3. The monoisotopic (exact) mass is 274 g/mol. The summed E-state index contributed by atoms with van der Waals surface area (Å²) in [5.74, 6) is 0.474. The van der Waals surface area contributed by atoms with Crippen LogP contribution in [0.5, 0.6) is 0 Å². The van der Waals surface area contributed by atoms with E-state index in [4.69, 9.17) is 0 Å². The molecule has 0 atom stereocenters. The first kappa shape index (κ1) is 12.4. The fraction of sp³-hybridized carbons (Fsp3) is 0.333. The summed E-state index contributed by atoms with van der Waals surface area (Å²) < 4.78 is 3.24. The van der Waals surface area contributed by atoms with Crippen molar-refractivity contribution >= 4 is 11.2 Å². The van der Waals surface area contributed by atoms with Crippen LogP contribution >= 0.6 is 0 Å². The van der Waals surface area contributed by atoms with Gasteiger partial charge in [-0.2, -0.15) is 0 Å². The molecule has 3 aromatic heterocycles. The summed E-state index contributed by atoms with van der Waals surface area (Å²) in [6.07, 6.45) is 4.20. The Morgan fingerprint density at radius 3 is 2.75 bits per heavy atom. The van der Waals surface area contributed by atoms with Crippen LogP contribution in [0, 0.1) is 0 Å². The minimum Gasteiger partial charge on any atom is -0.340 e. The van der Waals surface area contributed by atoms with Crippen LogP contribution in [0.4, 0.5) is 0 Å². The predicted molar refractivity (Wildman–Crippen MR) is 73.5 cm³/mol. The fourth-order valence-electron chi connectivity index (χ4n) is 2.13. The van der Waals surface area contributed by atoms with Gasteiger partial charge in [-0.3, -0.25) is 14.3 Å². The van der Waals surface area contributed by atoms with E-state index in [2.05, 4.69) is 19.9 Å². The van der Waals surface area contributed by atoms with Gasteiger partial charge in [0.1, 0.15) is 11.2 Å². The Labute approximate surface area is 113 Å². The highest BCUT2D eigenvalue weighted by Gasteiger charge is 2.14. The Balaban J connectivity index is 2.29. The quantitative estimate of drug-likeness (QED) is 0.713. The van der Waals surface area contributed by atoms with Crippen molar-refractivity contribution in [2.75, 3.05) is 0 Å². The number of nitrogens with one attached hydrogen (secondary N) is 2. The lowest BCUT2D eigenvalue weighted by Crippen LogP contribution is -2.30. The molecule has 0 aliphatic rings. The molecule has 0 radical (unpaired) electrons. The van der Waals surface area contributed by atoms with Gasteiger partial charge in [-0.15, -0.1) is 0 Å². The summed E-state index contributed by atoms with van der Waals surface area (Å²) in [7, 11) is 1.85. The third-order valence-electron chi connectivity index (χ3n) is 3.03. The van der Waals surface area contributed by atoms with Crippen LogP contribution in [-0.2, 0) is 13.6 Å². The number of H-pyrrole nitrogens is 2. The molecule has 0 fully saturated rings. The maximum Gasteiger partial charge on any atom is 0.330 e. The van der Waals surface area contributed by atoms with E-state index in [1.807, 2.05) is 14.0 Å². The first-order valence-electron chi connectivity index (χ1n) is 6.31. The summed E-state index contributed by atoms with van der Waals surface area (Å²) in [5, 5.41) is 0. The molecule has 8 heteroatoms. The number of aromatic amines is 2. The maximum atomic E-state index is 11.8.